The van der Waals surface area contributed by atoms with E-state index in [9.17, 15) is 18.0 Å². The first kappa shape index (κ1) is 11.7. The predicted octanol–water partition coefficient (Wildman–Crippen LogP) is 3.08. The Morgan fingerprint density at radius 2 is 2.07 bits per heavy atom. The van der Waals surface area contributed by atoms with E-state index in [2.05, 4.69) is 4.98 Å². The van der Waals surface area contributed by atoms with Gasteiger partial charge in [-0.05, 0) is 18.6 Å². The maximum absolute atomic E-state index is 12.1. The molecule has 0 saturated heterocycles. The summed E-state index contributed by atoms with van der Waals surface area (Å²) in [7, 11) is 0. The monoisotopic (exact) mass is 217 g/mol. The smallest absolute Gasteiger partial charge is 0.292 e. The summed E-state index contributed by atoms with van der Waals surface area (Å²) in [6, 6.07) is 1.98. The average Bonchev–Trinajstić information content (AvgIpc) is 2.17. The highest BCUT2D eigenvalue weighted by Crippen LogP contribution is 2.28. The highest BCUT2D eigenvalue weighted by molar-refractivity contribution is 5.94. The summed E-state index contributed by atoms with van der Waals surface area (Å²) in [5.74, 6) is -0.230. The Bertz CT molecular complexity index is 343. The second-order valence-electron chi connectivity index (χ2n) is 3.10. The molecule has 2 nitrogen and oxygen atoms in total. The SMILES string of the molecule is CCCC(=O)c1ccc(C(F)(F)F)cn1. The van der Waals surface area contributed by atoms with Gasteiger partial charge in [-0.2, -0.15) is 13.2 Å². The lowest BCUT2D eigenvalue weighted by Crippen LogP contribution is -2.08. The lowest BCUT2D eigenvalue weighted by atomic mass is 10.1. The molecule has 0 amide bonds. The van der Waals surface area contributed by atoms with Crippen molar-refractivity contribution in [3.05, 3.63) is 29.6 Å². The number of carbonyl (C=O) groups is 1. The number of ketones is 1. The van der Waals surface area contributed by atoms with Crippen LogP contribution in [-0.4, -0.2) is 10.8 Å². The van der Waals surface area contributed by atoms with Crippen LogP contribution in [-0.2, 0) is 6.18 Å². The third kappa shape index (κ3) is 3.04. The van der Waals surface area contributed by atoms with Gasteiger partial charge in [0.25, 0.3) is 0 Å². The number of hydrogen-bond donors (Lipinski definition) is 0. The summed E-state index contributed by atoms with van der Waals surface area (Å²) < 4.78 is 36.4. The molecule has 0 unspecified atom stereocenters. The van der Waals surface area contributed by atoms with Crippen LogP contribution in [0.4, 0.5) is 13.2 Å². The van der Waals surface area contributed by atoms with Crippen LogP contribution in [0.5, 0.6) is 0 Å². The van der Waals surface area contributed by atoms with Crippen molar-refractivity contribution in [1.82, 2.24) is 4.98 Å². The fourth-order valence-electron chi connectivity index (χ4n) is 1.08. The standard InChI is InChI=1S/C10H10F3NO/c1-2-3-9(15)8-5-4-7(6-14-8)10(11,12)13/h4-6H,2-3H2,1H3. The van der Waals surface area contributed by atoms with Crippen LogP contribution in [0.2, 0.25) is 0 Å². The summed E-state index contributed by atoms with van der Waals surface area (Å²) >= 11 is 0. The summed E-state index contributed by atoms with van der Waals surface area (Å²) in [5.41, 5.74) is -0.750. The van der Waals surface area contributed by atoms with Crippen LogP contribution >= 0.6 is 0 Å². The average molecular weight is 217 g/mol. The number of halogens is 3. The highest BCUT2D eigenvalue weighted by Gasteiger charge is 2.30. The molecule has 0 aromatic carbocycles. The van der Waals surface area contributed by atoms with Gasteiger partial charge in [0, 0.05) is 12.6 Å². The summed E-state index contributed by atoms with van der Waals surface area (Å²) in [6.45, 7) is 1.82. The zero-order valence-corrected chi connectivity index (χ0v) is 8.14. The zero-order chi connectivity index (χ0) is 11.5. The third-order valence-electron chi connectivity index (χ3n) is 1.85. The quantitative estimate of drug-likeness (QED) is 0.728. The summed E-state index contributed by atoms with van der Waals surface area (Å²) in [6.07, 6.45) is -2.76. The number of rotatable bonds is 3. The van der Waals surface area contributed by atoms with E-state index in [0.717, 1.165) is 12.1 Å². The van der Waals surface area contributed by atoms with Crippen molar-refractivity contribution in [3.63, 3.8) is 0 Å². The van der Waals surface area contributed by atoms with E-state index in [-0.39, 0.29) is 11.5 Å². The van der Waals surface area contributed by atoms with Gasteiger partial charge in [-0.3, -0.25) is 9.78 Å². The largest absolute Gasteiger partial charge is 0.417 e. The first-order valence-corrected chi connectivity index (χ1v) is 4.51. The van der Waals surface area contributed by atoms with E-state index < -0.39 is 11.7 Å². The summed E-state index contributed by atoms with van der Waals surface area (Å²) in [5, 5.41) is 0. The van der Waals surface area contributed by atoms with E-state index in [1.165, 1.54) is 0 Å². The van der Waals surface area contributed by atoms with Gasteiger partial charge >= 0.3 is 6.18 Å². The van der Waals surface area contributed by atoms with Crippen LogP contribution in [0.15, 0.2) is 18.3 Å². The number of pyridine rings is 1. The lowest BCUT2D eigenvalue weighted by molar-refractivity contribution is -0.137. The van der Waals surface area contributed by atoms with Crippen LogP contribution in [0.1, 0.15) is 35.8 Å². The van der Waals surface area contributed by atoms with Crippen molar-refractivity contribution in [3.8, 4) is 0 Å². The van der Waals surface area contributed by atoms with Gasteiger partial charge in [0.15, 0.2) is 5.78 Å². The molecule has 15 heavy (non-hydrogen) atoms. The Kier molecular flexibility index (Phi) is 3.44. The number of aromatic nitrogens is 1. The topological polar surface area (TPSA) is 30.0 Å². The van der Waals surface area contributed by atoms with Crippen molar-refractivity contribution >= 4 is 5.78 Å². The minimum Gasteiger partial charge on any atom is -0.292 e. The third-order valence-corrected chi connectivity index (χ3v) is 1.85. The maximum Gasteiger partial charge on any atom is 0.417 e. The van der Waals surface area contributed by atoms with Gasteiger partial charge in [0.05, 0.1) is 5.56 Å². The molecule has 0 saturated carbocycles. The van der Waals surface area contributed by atoms with Crippen molar-refractivity contribution in [2.45, 2.75) is 25.9 Å². The van der Waals surface area contributed by atoms with E-state index in [0.29, 0.717) is 19.0 Å². The van der Waals surface area contributed by atoms with Crippen LogP contribution in [0, 0.1) is 0 Å². The second-order valence-corrected chi connectivity index (χ2v) is 3.10. The van der Waals surface area contributed by atoms with Gasteiger partial charge in [0.1, 0.15) is 5.69 Å². The molecule has 1 heterocycles. The fourth-order valence-corrected chi connectivity index (χ4v) is 1.08. The van der Waals surface area contributed by atoms with E-state index >= 15 is 0 Å². The fraction of sp³-hybridized carbons (Fsp3) is 0.400. The molecule has 0 spiro atoms. The van der Waals surface area contributed by atoms with Gasteiger partial charge in [-0.25, -0.2) is 0 Å². The van der Waals surface area contributed by atoms with Gasteiger partial charge in [-0.15, -0.1) is 0 Å². The number of hydrogen-bond acceptors (Lipinski definition) is 2. The molecule has 0 aliphatic rings. The van der Waals surface area contributed by atoms with E-state index in [1.807, 2.05) is 6.92 Å². The number of nitrogens with zero attached hydrogens (tertiary/aromatic N) is 1. The molecule has 0 fully saturated rings. The maximum atomic E-state index is 12.1. The molecule has 82 valence electrons. The van der Waals surface area contributed by atoms with Gasteiger partial charge in [0.2, 0.25) is 0 Å². The van der Waals surface area contributed by atoms with Gasteiger partial charge in [-0.1, -0.05) is 6.92 Å². The van der Waals surface area contributed by atoms with Gasteiger partial charge < -0.3 is 0 Å². The Balaban J connectivity index is 2.86. The number of Topliss-reactive ketones (excluding diaryl/α,β-unsaturated/α-hetero) is 1. The molecule has 0 aliphatic carbocycles. The minimum atomic E-state index is -4.40. The molecule has 5 heteroatoms. The molecule has 1 aromatic heterocycles. The minimum absolute atomic E-state index is 0.0878. The normalized spacial score (nSPS) is 11.5. The Morgan fingerprint density at radius 1 is 1.40 bits per heavy atom. The molecule has 0 N–H and O–H groups in total. The van der Waals surface area contributed by atoms with E-state index in [1.54, 1.807) is 0 Å². The Morgan fingerprint density at radius 3 is 2.47 bits per heavy atom. The first-order valence-electron chi connectivity index (χ1n) is 4.51. The molecule has 1 aromatic rings. The van der Waals surface area contributed by atoms with Crippen molar-refractivity contribution in [1.29, 1.82) is 0 Å². The lowest BCUT2D eigenvalue weighted by Gasteiger charge is -2.05. The second kappa shape index (κ2) is 4.42. The number of alkyl halides is 3. The molecular formula is C10H10F3NO. The van der Waals surface area contributed by atoms with Crippen molar-refractivity contribution in [2.75, 3.05) is 0 Å². The predicted molar refractivity (Wildman–Crippen MR) is 48.5 cm³/mol. The molecule has 1 rings (SSSR count). The van der Waals surface area contributed by atoms with Crippen LogP contribution in [0.3, 0.4) is 0 Å². The Labute approximate surface area is 85.1 Å². The van der Waals surface area contributed by atoms with Crippen molar-refractivity contribution in [2.24, 2.45) is 0 Å². The van der Waals surface area contributed by atoms with Crippen LogP contribution < -0.4 is 0 Å². The molecule has 0 bridgehead atoms. The summed E-state index contributed by atoms with van der Waals surface area (Å²) in [4.78, 5) is 14.8. The Hall–Kier alpha value is -1.39. The molecule has 0 radical (unpaired) electrons. The van der Waals surface area contributed by atoms with Crippen molar-refractivity contribution < 1.29 is 18.0 Å². The molecule has 0 aliphatic heterocycles. The highest BCUT2D eigenvalue weighted by atomic mass is 19.4. The number of carbonyl (C=O) groups excluding carboxylic acids is 1. The zero-order valence-electron chi connectivity index (χ0n) is 8.14. The van der Waals surface area contributed by atoms with Crippen LogP contribution in [0.25, 0.3) is 0 Å². The molecular weight excluding hydrogens is 207 g/mol. The molecule has 0 atom stereocenters. The first-order chi connectivity index (χ1) is 6.95. The van der Waals surface area contributed by atoms with E-state index in [4.69, 9.17) is 0 Å².